The summed E-state index contributed by atoms with van der Waals surface area (Å²) >= 11 is 3.31. The second-order valence-corrected chi connectivity index (χ2v) is 9.23. The van der Waals surface area contributed by atoms with Gasteiger partial charge in [-0.25, -0.2) is 5.43 Å². The highest BCUT2D eigenvalue weighted by Crippen LogP contribution is 2.37. The molecule has 3 amide bonds. The summed E-state index contributed by atoms with van der Waals surface area (Å²) in [5, 5.41) is 8.43. The first-order chi connectivity index (χ1) is 18.9. The molecule has 0 aromatic heterocycles. The van der Waals surface area contributed by atoms with Gasteiger partial charge >= 0.3 is 18.0 Å². The summed E-state index contributed by atoms with van der Waals surface area (Å²) in [7, 11) is 0. The average molecular weight is 631 g/mol. The van der Waals surface area contributed by atoms with Crippen LogP contribution in [-0.4, -0.2) is 56.4 Å². The van der Waals surface area contributed by atoms with Crippen molar-refractivity contribution < 1.29 is 41.8 Å². The molecule has 2 aromatic carbocycles. The van der Waals surface area contributed by atoms with Gasteiger partial charge in [0, 0.05) is 13.2 Å². The number of anilines is 1. The molecule has 0 aliphatic heterocycles. The van der Waals surface area contributed by atoms with E-state index in [0.717, 1.165) is 12.1 Å². The van der Waals surface area contributed by atoms with E-state index in [-0.39, 0.29) is 30.8 Å². The van der Waals surface area contributed by atoms with Crippen LogP contribution in [0.1, 0.15) is 38.3 Å². The van der Waals surface area contributed by atoms with E-state index in [1.54, 1.807) is 13.0 Å². The maximum Gasteiger partial charge on any atom is 0.418 e. The van der Waals surface area contributed by atoms with E-state index in [0.29, 0.717) is 23.1 Å². The molecular formula is C26H30BrF3N4O6. The Hall–Kier alpha value is -3.65. The third-order valence-electron chi connectivity index (χ3n) is 4.83. The minimum atomic E-state index is -4.64. The van der Waals surface area contributed by atoms with Crippen LogP contribution < -0.4 is 25.5 Å². The first kappa shape index (κ1) is 32.6. The fourth-order valence-electron chi connectivity index (χ4n) is 3.12. The van der Waals surface area contributed by atoms with Gasteiger partial charge in [-0.05, 0) is 73.0 Å². The van der Waals surface area contributed by atoms with E-state index >= 15 is 0 Å². The van der Waals surface area contributed by atoms with Crippen molar-refractivity contribution in [1.82, 2.24) is 10.7 Å². The molecular weight excluding hydrogens is 601 g/mol. The van der Waals surface area contributed by atoms with Crippen molar-refractivity contribution in [3.63, 3.8) is 0 Å². The topological polar surface area (TPSA) is 127 Å². The number of amides is 3. The molecule has 0 saturated heterocycles. The number of nitrogens with zero attached hydrogens (tertiary/aromatic N) is 1. The van der Waals surface area contributed by atoms with Crippen LogP contribution in [0.5, 0.6) is 11.5 Å². The quantitative estimate of drug-likeness (QED) is 0.131. The van der Waals surface area contributed by atoms with Crippen LogP contribution in [0.25, 0.3) is 0 Å². The van der Waals surface area contributed by atoms with Gasteiger partial charge in [-0.15, -0.1) is 0 Å². The Labute approximate surface area is 237 Å². The molecule has 0 aliphatic carbocycles. The second kappa shape index (κ2) is 15.8. The molecule has 2 rings (SSSR count). The first-order valence-electron chi connectivity index (χ1n) is 12.2. The summed E-state index contributed by atoms with van der Waals surface area (Å²) < 4.78 is 56.3. The van der Waals surface area contributed by atoms with Crippen LogP contribution in [0.2, 0.25) is 0 Å². The fraction of sp³-hybridized carbons (Fsp3) is 0.385. The van der Waals surface area contributed by atoms with Gasteiger partial charge in [-0.1, -0.05) is 12.1 Å². The van der Waals surface area contributed by atoms with Crippen molar-refractivity contribution in [3.05, 3.63) is 52.0 Å². The molecule has 0 unspecified atom stereocenters. The van der Waals surface area contributed by atoms with Crippen LogP contribution >= 0.6 is 15.9 Å². The number of alkyl halides is 3. The van der Waals surface area contributed by atoms with Crippen LogP contribution in [-0.2, 0) is 25.3 Å². The van der Waals surface area contributed by atoms with Crippen molar-refractivity contribution in [2.24, 2.45) is 5.10 Å². The highest BCUT2D eigenvalue weighted by Gasteiger charge is 2.33. The molecule has 0 radical (unpaired) electrons. The Morgan fingerprint density at radius 2 is 1.82 bits per heavy atom. The Morgan fingerprint density at radius 3 is 2.50 bits per heavy atom. The van der Waals surface area contributed by atoms with Gasteiger partial charge in [0.2, 0.25) is 0 Å². The Kier molecular flexibility index (Phi) is 12.9. The number of hydrazone groups is 1. The van der Waals surface area contributed by atoms with Crippen molar-refractivity contribution >= 4 is 45.6 Å². The molecule has 3 N–H and O–H groups in total. The van der Waals surface area contributed by atoms with Gasteiger partial charge in [0.25, 0.3) is 5.91 Å². The molecule has 0 spiro atoms. The Morgan fingerprint density at radius 1 is 1.10 bits per heavy atom. The van der Waals surface area contributed by atoms with Gasteiger partial charge in [0.05, 0.1) is 34.6 Å². The van der Waals surface area contributed by atoms with Gasteiger partial charge in [0.1, 0.15) is 0 Å². The van der Waals surface area contributed by atoms with Crippen molar-refractivity contribution in [1.29, 1.82) is 0 Å². The molecule has 0 aliphatic rings. The lowest BCUT2D eigenvalue weighted by Crippen LogP contribution is -2.38. The number of carbonyl (C=O) groups is 3. The third kappa shape index (κ3) is 10.8. The minimum Gasteiger partial charge on any atom is -0.490 e. The molecule has 218 valence electrons. The van der Waals surface area contributed by atoms with Gasteiger partial charge in [-0.3, -0.25) is 14.4 Å². The monoisotopic (exact) mass is 630 g/mol. The normalized spacial score (nSPS) is 11.4. The fourth-order valence-corrected chi connectivity index (χ4v) is 3.69. The molecule has 0 saturated carbocycles. The van der Waals surface area contributed by atoms with E-state index in [4.69, 9.17) is 14.2 Å². The zero-order valence-corrected chi connectivity index (χ0v) is 23.6. The summed E-state index contributed by atoms with van der Waals surface area (Å²) in [4.78, 5) is 36.1. The zero-order valence-electron chi connectivity index (χ0n) is 22.1. The number of para-hydroxylation sites is 1. The maximum atomic E-state index is 13.2. The lowest BCUT2D eigenvalue weighted by molar-refractivity contribution is -0.139. The second-order valence-electron chi connectivity index (χ2n) is 8.37. The number of ether oxygens (including phenoxy) is 3. The minimum absolute atomic E-state index is 0.0755. The predicted molar refractivity (Wildman–Crippen MR) is 145 cm³/mol. The molecule has 0 atom stereocenters. The largest absolute Gasteiger partial charge is 0.490 e. The predicted octanol–water partition coefficient (Wildman–Crippen LogP) is 4.27. The standard InChI is InChI=1S/C26H30BrF3N4O6/c1-4-38-21-13-17(14-32-34-25(37)24(36)31-10-7-11-39-16(2)3)12-19(27)23(21)40-15-22(35)33-20-9-6-5-8-18(20)26(28,29)30/h5-6,8-9,12-14,16H,4,7,10-11,15H2,1-3H3,(H,31,36)(H,33,35)(H,34,37)/b32-14-. The lowest BCUT2D eigenvalue weighted by atomic mass is 10.1. The van der Waals surface area contributed by atoms with Gasteiger partial charge in [-0.2, -0.15) is 18.3 Å². The summed E-state index contributed by atoms with van der Waals surface area (Å²) in [6.07, 6.45) is -2.75. The third-order valence-corrected chi connectivity index (χ3v) is 5.42. The molecule has 14 heteroatoms. The van der Waals surface area contributed by atoms with Crippen molar-refractivity contribution in [2.75, 3.05) is 31.7 Å². The average Bonchev–Trinajstić information content (AvgIpc) is 2.87. The van der Waals surface area contributed by atoms with E-state index in [9.17, 15) is 27.6 Å². The number of hydrogen-bond donors (Lipinski definition) is 3. The van der Waals surface area contributed by atoms with Gasteiger partial charge in [0.15, 0.2) is 18.1 Å². The highest BCUT2D eigenvalue weighted by atomic mass is 79.9. The van der Waals surface area contributed by atoms with E-state index in [1.807, 2.05) is 13.8 Å². The number of carbonyl (C=O) groups excluding carboxylic acids is 3. The number of nitrogens with one attached hydrogen (secondary N) is 3. The van der Waals surface area contributed by atoms with E-state index < -0.39 is 41.8 Å². The summed E-state index contributed by atoms with van der Waals surface area (Å²) in [5.74, 6) is -2.29. The van der Waals surface area contributed by atoms with Crippen LogP contribution in [0.15, 0.2) is 46.0 Å². The molecule has 40 heavy (non-hydrogen) atoms. The Bertz CT molecular complexity index is 1210. The molecule has 0 fully saturated rings. The van der Waals surface area contributed by atoms with E-state index in [1.165, 1.54) is 24.4 Å². The van der Waals surface area contributed by atoms with Crippen molar-refractivity contribution in [3.8, 4) is 11.5 Å². The molecule has 10 nitrogen and oxygen atoms in total. The highest BCUT2D eigenvalue weighted by molar-refractivity contribution is 9.10. The maximum absolute atomic E-state index is 13.2. The van der Waals surface area contributed by atoms with Crippen LogP contribution in [0.3, 0.4) is 0 Å². The molecule has 0 bridgehead atoms. The SMILES string of the molecule is CCOc1cc(/C=N\NC(=O)C(=O)NCCCOC(C)C)cc(Br)c1OCC(=O)Nc1ccccc1C(F)(F)F. The first-order valence-corrected chi connectivity index (χ1v) is 13.0. The van der Waals surface area contributed by atoms with E-state index in [2.05, 4.69) is 37.1 Å². The number of hydrogen-bond acceptors (Lipinski definition) is 7. The number of halogens is 4. The Balaban J connectivity index is 1.98. The summed E-state index contributed by atoms with van der Waals surface area (Å²) in [5.41, 5.74) is 1.19. The van der Waals surface area contributed by atoms with Crippen LogP contribution in [0, 0.1) is 0 Å². The number of benzene rings is 2. The summed E-state index contributed by atoms with van der Waals surface area (Å²) in [6.45, 7) is 5.84. The smallest absolute Gasteiger partial charge is 0.418 e. The van der Waals surface area contributed by atoms with Crippen molar-refractivity contribution in [2.45, 2.75) is 39.5 Å². The van der Waals surface area contributed by atoms with Gasteiger partial charge < -0.3 is 24.8 Å². The lowest BCUT2D eigenvalue weighted by Gasteiger charge is -2.16. The van der Waals surface area contributed by atoms with Crippen LogP contribution in [0.4, 0.5) is 18.9 Å². The number of rotatable bonds is 13. The summed E-state index contributed by atoms with van der Waals surface area (Å²) in [6, 6.07) is 7.64. The zero-order chi connectivity index (χ0) is 29.7. The molecule has 0 heterocycles. The molecule has 2 aromatic rings.